The van der Waals surface area contributed by atoms with Crippen molar-refractivity contribution in [1.82, 2.24) is 20.2 Å². The highest BCUT2D eigenvalue weighted by Crippen LogP contribution is 2.40. The molecule has 1 aliphatic carbocycles. The molecule has 6 heteroatoms. The molecule has 0 atom stereocenters. The lowest BCUT2D eigenvalue weighted by Gasteiger charge is -2.08. The molecular formula is C21H23N5O. The lowest BCUT2D eigenvalue weighted by Crippen LogP contribution is -2.18. The summed E-state index contributed by atoms with van der Waals surface area (Å²) in [6, 6.07) is 9.66. The summed E-state index contributed by atoms with van der Waals surface area (Å²) in [6.07, 6.45) is 3.96. The van der Waals surface area contributed by atoms with E-state index < -0.39 is 0 Å². The first kappa shape index (κ1) is 17.4. The van der Waals surface area contributed by atoms with Crippen molar-refractivity contribution in [2.24, 2.45) is 5.10 Å². The van der Waals surface area contributed by atoms with E-state index in [1.165, 1.54) is 0 Å². The van der Waals surface area contributed by atoms with E-state index in [2.05, 4.69) is 15.6 Å². The molecule has 1 saturated carbocycles. The Morgan fingerprint density at radius 2 is 2.11 bits per heavy atom. The fourth-order valence-electron chi connectivity index (χ4n) is 3.39. The van der Waals surface area contributed by atoms with Gasteiger partial charge in [0.2, 0.25) is 0 Å². The van der Waals surface area contributed by atoms with Crippen LogP contribution in [0, 0.1) is 13.8 Å². The van der Waals surface area contributed by atoms with Crippen LogP contribution < -0.4 is 5.43 Å². The normalized spacial score (nSPS) is 14.2. The zero-order chi connectivity index (χ0) is 19.0. The molecule has 0 aliphatic heterocycles. The summed E-state index contributed by atoms with van der Waals surface area (Å²) >= 11 is 0. The number of benzene rings is 1. The second-order valence-electron chi connectivity index (χ2n) is 6.99. The van der Waals surface area contributed by atoms with E-state index in [0.717, 1.165) is 52.9 Å². The molecule has 6 nitrogen and oxygen atoms in total. The smallest absolute Gasteiger partial charge is 0.269 e. The van der Waals surface area contributed by atoms with E-state index in [-0.39, 0.29) is 5.91 Å². The summed E-state index contributed by atoms with van der Waals surface area (Å²) in [7, 11) is 0. The standard InChI is InChI=1S/C21H23N5O/c1-4-26-14(3)18(13(2)25-26)12-22-24-21(27)17-11-20(15-9-10-15)23-19-8-6-5-7-16(17)19/h5-8,11-12,15H,4,9-10H2,1-3H3,(H,24,27)/b22-12-. The van der Waals surface area contributed by atoms with Gasteiger partial charge in [0.05, 0.1) is 23.0 Å². The van der Waals surface area contributed by atoms with Gasteiger partial charge in [-0.1, -0.05) is 18.2 Å². The number of carbonyl (C=O) groups excluding carboxylic acids is 1. The topological polar surface area (TPSA) is 72.2 Å². The van der Waals surface area contributed by atoms with E-state index in [1.807, 2.05) is 55.8 Å². The van der Waals surface area contributed by atoms with Crippen molar-refractivity contribution in [2.45, 2.75) is 46.1 Å². The van der Waals surface area contributed by atoms with Crippen LogP contribution in [0.1, 0.15) is 58.7 Å². The molecule has 2 heterocycles. The number of hydrogen-bond acceptors (Lipinski definition) is 4. The minimum atomic E-state index is -0.218. The van der Waals surface area contributed by atoms with Gasteiger partial charge in [-0.3, -0.25) is 14.5 Å². The average molecular weight is 361 g/mol. The van der Waals surface area contributed by atoms with Gasteiger partial charge in [-0.15, -0.1) is 0 Å². The summed E-state index contributed by atoms with van der Waals surface area (Å²) in [5.74, 6) is 0.264. The number of amides is 1. The van der Waals surface area contributed by atoms with Gasteiger partial charge in [0.1, 0.15) is 0 Å². The van der Waals surface area contributed by atoms with Crippen molar-refractivity contribution in [1.29, 1.82) is 0 Å². The van der Waals surface area contributed by atoms with Crippen LogP contribution in [-0.4, -0.2) is 26.9 Å². The van der Waals surface area contributed by atoms with Crippen LogP contribution in [0.2, 0.25) is 0 Å². The molecule has 27 heavy (non-hydrogen) atoms. The fourth-order valence-corrected chi connectivity index (χ4v) is 3.39. The van der Waals surface area contributed by atoms with Crippen molar-refractivity contribution in [2.75, 3.05) is 0 Å². The highest BCUT2D eigenvalue weighted by Gasteiger charge is 2.26. The van der Waals surface area contributed by atoms with Crippen LogP contribution >= 0.6 is 0 Å². The highest BCUT2D eigenvalue weighted by molar-refractivity contribution is 6.06. The first-order chi connectivity index (χ1) is 13.1. The minimum absolute atomic E-state index is 0.218. The summed E-state index contributed by atoms with van der Waals surface area (Å²) in [5, 5.41) is 9.50. The third kappa shape index (κ3) is 3.35. The maximum atomic E-state index is 12.8. The van der Waals surface area contributed by atoms with Crippen molar-refractivity contribution < 1.29 is 4.79 Å². The monoisotopic (exact) mass is 361 g/mol. The van der Waals surface area contributed by atoms with Crippen LogP contribution in [0.25, 0.3) is 10.9 Å². The molecule has 0 radical (unpaired) electrons. The number of aryl methyl sites for hydroxylation is 2. The highest BCUT2D eigenvalue weighted by atomic mass is 16.2. The van der Waals surface area contributed by atoms with E-state index in [1.54, 1.807) is 6.21 Å². The Morgan fingerprint density at radius 3 is 2.81 bits per heavy atom. The van der Waals surface area contributed by atoms with Crippen LogP contribution in [0.3, 0.4) is 0 Å². The number of para-hydroxylation sites is 1. The Kier molecular flexibility index (Phi) is 4.48. The summed E-state index contributed by atoms with van der Waals surface area (Å²) in [4.78, 5) is 17.5. The van der Waals surface area contributed by atoms with Gasteiger partial charge in [-0.2, -0.15) is 10.2 Å². The van der Waals surface area contributed by atoms with Gasteiger partial charge in [-0.05, 0) is 45.7 Å². The zero-order valence-corrected chi connectivity index (χ0v) is 15.9. The van der Waals surface area contributed by atoms with E-state index in [9.17, 15) is 4.79 Å². The third-order valence-electron chi connectivity index (χ3n) is 5.07. The number of hydrogen-bond donors (Lipinski definition) is 1. The van der Waals surface area contributed by atoms with Crippen LogP contribution in [0.5, 0.6) is 0 Å². The second-order valence-corrected chi connectivity index (χ2v) is 6.99. The molecule has 0 bridgehead atoms. The molecule has 0 saturated heterocycles. The fraction of sp³-hybridized carbons (Fsp3) is 0.333. The Labute approximate surface area is 158 Å². The van der Waals surface area contributed by atoms with Crippen molar-refractivity contribution in [3.05, 3.63) is 58.5 Å². The predicted molar refractivity (Wildman–Crippen MR) is 106 cm³/mol. The van der Waals surface area contributed by atoms with E-state index in [4.69, 9.17) is 4.98 Å². The Morgan fingerprint density at radius 1 is 1.33 bits per heavy atom. The number of nitrogens with zero attached hydrogens (tertiary/aromatic N) is 4. The maximum Gasteiger partial charge on any atom is 0.272 e. The molecule has 1 aliphatic rings. The first-order valence-electron chi connectivity index (χ1n) is 9.35. The van der Waals surface area contributed by atoms with Gasteiger partial charge >= 0.3 is 0 Å². The van der Waals surface area contributed by atoms with Gasteiger partial charge < -0.3 is 0 Å². The zero-order valence-electron chi connectivity index (χ0n) is 15.9. The molecule has 0 spiro atoms. The molecule has 0 unspecified atom stereocenters. The van der Waals surface area contributed by atoms with Gasteiger partial charge in [-0.25, -0.2) is 5.43 Å². The molecule has 1 fully saturated rings. The second kappa shape index (κ2) is 6.95. The molecular weight excluding hydrogens is 338 g/mol. The van der Waals surface area contributed by atoms with Crippen molar-refractivity contribution in [3.8, 4) is 0 Å². The van der Waals surface area contributed by atoms with Gasteiger partial charge in [0.15, 0.2) is 0 Å². The summed E-state index contributed by atoms with van der Waals surface area (Å²) < 4.78 is 1.93. The van der Waals surface area contributed by atoms with Crippen LogP contribution in [0.4, 0.5) is 0 Å². The summed E-state index contributed by atoms with van der Waals surface area (Å²) in [6.45, 7) is 6.81. The van der Waals surface area contributed by atoms with Crippen molar-refractivity contribution in [3.63, 3.8) is 0 Å². The lowest BCUT2D eigenvalue weighted by atomic mass is 10.1. The summed E-state index contributed by atoms with van der Waals surface area (Å²) in [5.41, 5.74) is 8.03. The van der Waals surface area contributed by atoms with Crippen LogP contribution in [0.15, 0.2) is 35.4 Å². The molecule has 1 N–H and O–H groups in total. The largest absolute Gasteiger partial charge is 0.272 e. The number of nitrogens with one attached hydrogen (secondary N) is 1. The Bertz CT molecular complexity index is 1050. The lowest BCUT2D eigenvalue weighted by molar-refractivity contribution is 0.0956. The Balaban J connectivity index is 1.61. The number of rotatable bonds is 5. The number of carbonyl (C=O) groups is 1. The molecule has 1 aromatic carbocycles. The Hall–Kier alpha value is -3.02. The van der Waals surface area contributed by atoms with Crippen molar-refractivity contribution >= 4 is 23.0 Å². The number of hydrazone groups is 1. The first-order valence-corrected chi connectivity index (χ1v) is 9.35. The van der Waals surface area contributed by atoms with Gasteiger partial charge in [0, 0.05) is 34.8 Å². The third-order valence-corrected chi connectivity index (χ3v) is 5.07. The molecule has 138 valence electrons. The minimum Gasteiger partial charge on any atom is -0.269 e. The van der Waals surface area contributed by atoms with Crippen LogP contribution in [-0.2, 0) is 6.54 Å². The molecule has 1 amide bonds. The SMILES string of the molecule is CCn1nc(C)c(/C=N\NC(=O)c2cc(C3CC3)nc3ccccc23)c1C. The van der Waals surface area contributed by atoms with E-state index in [0.29, 0.717) is 11.5 Å². The molecule has 4 rings (SSSR count). The number of aromatic nitrogens is 3. The number of fused-ring (bicyclic) bond motifs is 1. The molecule has 3 aromatic rings. The predicted octanol–water partition coefficient (Wildman–Crippen LogP) is 3.71. The molecule has 2 aromatic heterocycles. The average Bonchev–Trinajstić information content (AvgIpc) is 3.49. The van der Waals surface area contributed by atoms with Gasteiger partial charge in [0.25, 0.3) is 5.91 Å². The maximum absolute atomic E-state index is 12.8. The van der Waals surface area contributed by atoms with E-state index >= 15 is 0 Å². The number of pyridine rings is 1. The quantitative estimate of drug-likeness (QED) is 0.556.